The normalized spacial score (nSPS) is 11.1. The molecule has 2 aromatic carbocycles. The first-order chi connectivity index (χ1) is 13.1. The summed E-state index contributed by atoms with van der Waals surface area (Å²) in [5, 5.41) is 11.5. The van der Waals surface area contributed by atoms with Crippen molar-refractivity contribution >= 4 is 18.4 Å². The van der Waals surface area contributed by atoms with Gasteiger partial charge in [0.25, 0.3) is 0 Å². The molecule has 0 aliphatic rings. The first-order valence-electron chi connectivity index (χ1n) is 8.71. The van der Waals surface area contributed by atoms with E-state index in [1.165, 1.54) is 0 Å². The van der Waals surface area contributed by atoms with E-state index in [9.17, 15) is 0 Å². The van der Waals surface area contributed by atoms with Gasteiger partial charge < -0.3 is 9.47 Å². The van der Waals surface area contributed by atoms with Crippen molar-refractivity contribution in [3.63, 3.8) is 0 Å². The lowest BCUT2D eigenvalue weighted by atomic mass is 10.1. The molecule has 0 unspecified atom stereocenters. The summed E-state index contributed by atoms with van der Waals surface area (Å²) in [4.78, 5) is 0. The Morgan fingerprint density at radius 2 is 1.85 bits per heavy atom. The SMILES string of the molecule is CCOc1ccccc1/C=N\n1c(COc2c(C)cccc2C)n[nH]c1=S. The highest BCUT2D eigenvalue weighted by Gasteiger charge is 2.09. The molecule has 140 valence electrons. The van der Waals surface area contributed by atoms with E-state index in [2.05, 4.69) is 15.3 Å². The lowest BCUT2D eigenvalue weighted by Gasteiger charge is -2.11. The summed E-state index contributed by atoms with van der Waals surface area (Å²) < 4.78 is 13.6. The van der Waals surface area contributed by atoms with Gasteiger partial charge in [-0.2, -0.15) is 14.9 Å². The fourth-order valence-corrected chi connectivity index (χ4v) is 2.89. The molecule has 0 spiro atoms. The molecule has 3 rings (SSSR count). The molecule has 0 saturated carbocycles. The number of hydrogen-bond donors (Lipinski definition) is 1. The Labute approximate surface area is 163 Å². The van der Waals surface area contributed by atoms with Gasteiger partial charge >= 0.3 is 0 Å². The second-order valence-electron chi connectivity index (χ2n) is 5.98. The Balaban J connectivity index is 1.82. The average molecular weight is 382 g/mol. The summed E-state index contributed by atoms with van der Waals surface area (Å²) in [6.07, 6.45) is 1.71. The van der Waals surface area contributed by atoms with Gasteiger partial charge in [-0.25, -0.2) is 5.10 Å². The van der Waals surface area contributed by atoms with Crippen molar-refractivity contribution in [3.8, 4) is 11.5 Å². The minimum Gasteiger partial charge on any atom is -0.493 e. The van der Waals surface area contributed by atoms with Gasteiger partial charge in [0.1, 0.15) is 18.1 Å². The van der Waals surface area contributed by atoms with Gasteiger partial charge in [-0.3, -0.25) is 0 Å². The fourth-order valence-electron chi connectivity index (χ4n) is 2.69. The largest absolute Gasteiger partial charge is 0.493 e. The Morgan fingerprint density at radius 3 is 2.59 bits per heavy atom. The third kappa shape index (κ3) is 4.43. The van der Waals surface area contributed by atoms with Crippen molar-refractivity contribution in [1.82, 2.24) is 14.9 Å². The molecular weight excluding hydrogens is 360 g/mol. The van der Waals surface area contributed by atoms with E-state index in [-0.39, 0.29) is 6.61 Å². The quantitative estimate of drug-likeness (QED) is 0.485. The first kappa shape index (κ1) is 18.8. The van der Waals surface area contributed by atoms with Crippen LogP contribution in [0, 0.1) is 18.6 Å². The van der Waals surface area contributed by atoms with Gasteiger partial charge in [0.15, 0.2) is 5.82 Å². The van der Waals surface area contributed by atoms with Crippen LogP contribution in [0.25, 0.3) is 0 Å². The average Bonchev–Trinajstić information content (AvgIpc) is 3.01. The Kier molecular flexibility index (Phi) is 6.03. The van der Waals surface area contributed by atoms with E-state index >= 15 is 0 Å². The molecule has 0 atom stereocenters. The number of aryl methyl sites for hydroxylation is 2. The minimum atomic E-state index is 0.253. The number of aromatic amines is 1. The number of nitrogens with one attached hydrogen (secondary N) is 1. The first-order valence-corrected chi connectivity index (χ1v) is 9.12. The van der Waals surface area contributed by atoms with Gasteiger partial charge in [0, 0.05) is 5.56 Å². The number of nitrogens with zero attached hydrogens (tertiary/aromatic N) is 3. The molecule has 0 amide bonds. The molecule has 7 heteroatoms. The molecule has 0 radical (unpaired) electrons. The van der Waals surface area contributed by atoms with E-state index in [4.69, 9.17) is 21.7 Å². The third-order valence-electron chi connectivity index (χ3n) is 4.00. The number of rotatable bonds is 7. The van der Waals surface area contributed by atoms with Gasteiger partial charge in [0.05, 0.1) is 12.8 Å². The molecule has 0 aliphatic heterocycles. The number of aromatic nitrogens is 3. The topological polar surface area (TPSA) is 64.4 Å². The van der Waals surface area contributed by atoms with E-state index in [1.807, 2.05) is 63.2 Å². The van der Waals surface area contributed by atoms with Gasteiger partial charge in [0.2, 0.25) is 4.77 Å². The summed E-state index contributed by atoms with van der Waals surface area (Å²) in [6, 6.07) is 13.7. The maximum atomic E-state index is 5.97. The van der Waals surface area contributed by atoms with Crippen LogP contribution in [0.15, 0.2) is 47.6 Å². The van der Waals surface area contributed by atoms with Crippen LogP contribution in [0.2, 0.25) is 0 Å². The second kappa shape index (κ2) is 8.64. The maximum absolute atomic E-state index is 5.97. The van der Waals surface area contributed by atoms with Crippen molar-refractivity contribution in [3.05, 3.63) is 69.8 Å². The molecule has 6 nitrogen and oxygen atoms in total. The van der Waals surface area contributed by atoms with Gasteiger partial charge in [-0.1, -0.05) is 30.3 Å². The number of para-hydroxylation sites is 2. The summed E-state index contributed by atoms with van der Waals surface area (Å²) in [5.41, 5.74) is 3.01. The molecule has 1 heterocycles. The zero-order valence-electron chi connectivity index (χ0n) is 15.6. The van der Waals surface area contributed by atoms with Crippen LogP contribution in [0.1, 0.15) is 29.4 Å². The van der Waals surface area contributed by atoms with Crippen LogP contribution in [-0.2, 0) is 6.61 Å². The molecule has 1 N–H and O–H groups in total. The van der Waals surface area contributed by atoms with Crippen molar-refractivity contribution in [1.29, 1.82) is 0 Å². The number of benzene rings is 2. The molecule has 1 aromatic heterocycles. The van der Waals surface area contributed by atoms with E-state index in [0.29, 0.717) is 17.2 Å². The van der Waals surface area contributed by atoms with Crippen LogP contribution in [0.5, 0.6) is 11.5 Å². The van der Waals surface area contributed by atoms with Crippen LogP contribution in [-0.4, -0.2) is 27.7 Å². The molecule has 3 aromatic rings. The smallest absolute Gasteiger partial charge is 0.216 e. The highest BCUT2D eigenvalue weighted by Crippen LogP contribution is 2.23. The third-order valence-corrected chi connectivity index (χ3v) is 4.27. The molecule has 27 heavy (non-hydrogen) atoms. The lowest BCUT2D eigenvalue weighted by molar-refractivity contribution is 0.287. The molecule has 0 bridgehead atoms. The fraction of sp³-hybridized carbons (Fsp3) is 0.250. The molecule has 0 saturated heterocycles. The van der Waals surface area contributed by atoms with E-state index in [0.717, 1.165) is 28.2 Å². The molecular formula is C20H22N4O2S. The predicted molar refractivity (Wildman–Crippen MR) is 108 cm³/mol. The lowest BCUT2D eigenvalue weighted by Crippen LogP contribution is -2.06. The van der Waals surface area contributed by atoms with Crippen molar-refractivity contribution in [2.24, 2.45) is 5.10 Å². The Hall–Kier alpha value is -2.93. The highest BCUT2D eigenvalue weighted by molar-refractivity contribution is 7.71. The van der Waals surface area contributed by atoms with Crippen LogP contribution in [0.3, 0.4) is 0 Å². The van der Waals surface area contributed by atoms with Crippen LogP contribution >= 0.6 is 12.2 Å². The maximum Gasteiger partial charge on any atom is 0.216 e. The number of hydrogen-bond acceptors (Lipinski definition) is 5. The minimum absolute atomic E-state index is 0.253. The van der Waals surface area contributed by atoms with E-state index < -0.39 is 0 Å². The zero-order chi connectivity index (χ0) is 19.2. The highest BCUT2D eigenvalue weighted by atomic mass is 32.1. The summed E-state index contributed by atoms with van der Waals surface area (Å²) in [6.45, 7) is 6.82. The van der Waals surface area contributed by atoms with Crippen molar-refractivity contribution in [2.45, 2.75) is 27.4 Å². The Bertz CT molecular complexity index is 987. The Morgan fingerprint density at radius 1 is 1.11 bits per heavy atom. The monoisotopic (exact) mass is 382 g/mol. The standard InChI is InChI=1S/C20H22N4O2S/c1-4-25-17-11-6-5-10-16(17)12-21-24-18(22-23-20(24)27)13-26-19-14(2)8-7-9-15(19)3/h5-12H,4,13H2,1-3H3,(H,23,27)/b21-12-. The van der Waals surface area contributed by atoms with Crippen LogP contribution < -0.4 is 9.47 Å². The summed E-state index contributed by atoms with van der Waals surface area (Å²) in [5.74, 6) is 2.21. The van der Waals surface area contributed by atoms with Gasteiger partial charge in [-0.15, -0.1) is 0 Å². The summed E-state index contributed by atoms with van der Waals surface area (Å²) in [7, 11) is 0. The number of H-pyrrole nitrogens is 1. The van der Waals surface area contributed by atoms with Crippen molar-refractivity contribution in [2.75, 3.05) is 6.61 Å². The number of ether oxygens (including phenoxy) is 2. The summed E-state index contributed by atoms with van der Waals surface area (Å²) >= 11 is 5.30. The zero-order valence-corrected chi connectivity index (χ0v) is 16.4. The second-order valence-corrected chi connectivity index (χ2v) is 6.37. The van der Waals surface area contributed by atoms with E-state index in [1.54, 1.807) is 10.9 Å². The molecule has 0 fully saturated rings. The molecule has 0 aliphatic carbocycles. The van der Waals surface area contributed by atoms with Crippen molar-refractivity contribution < 1.29 is 9.47 Å². The van der Waals surface area contributed by atoms with Crippen LogP contribution in [0.4, 0.5) is 0 Å². The predicted octanol–water partition coefficient (Wildman–Crippen LogP) is 4.42. The van der Waals surface area contributed by atoms with Gasteiger partial charge in [-0.05, 0) is 56.2 Å².